The molecule has 0 spiro atoms. The molecule has 0 aromatic heterocycles. The summed E-state index contributed by atoms with van der Waals surface area (Å²) >= 11 is 0. The van der Waals surface area contributed by atoms with Crippen molar-refractivity contribution >= 4 is 10.0 Å². The lowest BCUT2D eigenvalue weighted by Gasteiger charge is -2.15. The first-order valence-corrected chi connectivity index (χ1v) is 7.78. The smallest absolute Gasteiger partial charge is 0.404 e. The molecule has 0 atom stereocenters. The predicted octanol–water partition coefficient (Wildman–Crippen LogP) is 2.74. The van der Waals surface area contributed by atoms with Crippen LogP contribution in [0.15, 0.2) is 29.2 Å². The highest BCUT2D eigenvalue weighted by Gasteiger charge is 2.34. The largest absolute Gasteiger partial charge is 0.573 e. The van der Waals surface area contributed by atoms with Crippen molar-refractivity contribution in [2.45, 2.75) is 43.0 Å². The fraction of sp³-hybridized carbons (Fsp3) is 0.500. The summed E-state index contributed by atoms with van der Waals surface area (Å²) in [7, 11) is -4.25. The summed E-state index contributed by atoms with van der Waals surface area (Å²) in [5, 5.41) is 0. The lowest BCUT2D eigenvalue weighted by molar-refractivity contribution is -0.275. The van der Waals surface area contributed by atoms with Crippen molar-refractivity contribution in [1.29, 1.82) is 0 Å². The van der Waals surface area contributed by atoms with E-state index in [9.17, 15) is 21.6 Å². The molecule has 1 aliphatic rings. The molecule has 118 valence electrons. The van der Waals surface area contributed by atoms with Crippen molar-refractivity contribution in [3.8, 4) is 5.75 Å². The van der Waals surface area contributed by atoms with Gasteiger partial charge in [-0.05, 0) is 25.0 Å². The molecule has 1 saturated carbocycles. The Labute approximate surface area is 120 Å². The molecular formula is C12H14F3NO4S. The number of para-hydroxylation sites is 1. The zero-order valence-corrected chi connectivity index (χ0v) is 11.7. The van der Waals surface area contributed by atoms with Gasteiger partial charge >= 0.3 is 6.36 Å². The van der Waals surface area contributed by atoms with Crippen molar-refractivity contribution in [3.05, 3.63) is 24.3 Å². The third kappa shape index (κ3) is 4.58. The van der Waals surface area contributed by atoms with E-state index in [2.05, 4.69) is 4.74 Å². The van der Waals surface area contributed by atoms with Crippen LogP contribution in [0, 0.1) is 0 Å². The van der Waals surface area contributed by atoms with E-state index >= 15 is 0 Å². The van der Waals surface area contributed by atoms with Crippen molar-refractivity contribution < 1.29 is 31.2 Å². The van der Waals surface area contributed by atoms with Crippen LogP contribution in [0.5, 0.6) is 5.75 Å². The molecule has 0 bridgehead atoms. The van der Waals surface area contributed by atoms with Gasteiger partial charge in [-0.3, -0.25) is 4.84 Å². The third-order valence-electron chi connectivity index (χ3n) is 2.99. The van der Waals surface area contributed by atoms with Crippen LogP contribution in [0.1, 0.15) is 25.7 Å². The number of sulfonamides is 1. The minimum Gasteiger partial charge on any atom is -0.404 e. The SMILES string of the molecule is O=S(=O)(NOC1CCCC1)c1ccccc1OC(F)(F)F. The number of hydrogen-bond donors (Lipinski definition) is 1. The van der Waals surface area contributed by atoms with Crippen molar-refractivity contribution in [3.63, 3.8) is 0 Å². The van der Waals surface area contributed by atoms with E-state index in [1.54, 1.807) is 0 Å². The van der Waals surface area contributed by atoms with Gasteiger partial charge < -0.3 is 4.74 Å². The van der Waals surface area contributed by atoms with Gasteiger partial charge in [0.2, 0.25) is 0 Å². The Morgan fingerprint density at radius 3 is 2.38 bits per heavy atom. The van der Waals surface area contributed by atoms with Crippen molar-refractivity contribution in [1.82, 2.24) is 4.89 Å². The average Bonchev–Trinajstić information content (AvgIpc) is 2.88. The molecular weight excluding hydrogens is 311 g/mol. The maximum atomic E-state index is 12.3. The van der Waals surface area contributed by atoms with Gasteiger partial charge in [-0.25, -0.2) is 8.42 Å². The molecule has 0 amide bonds. The highest BCUT2D eigenvalue weighted by molar-refractivity contribution is 7.89. The fourth-order valence-electron chi connectivity index (χ4n) is 2.06. The van der Waals surface area contributed by atoms with Crippen LogP contribution in [-0.4, -0.2) is 20.9 Å². The van der Waals surface area contributed by atoms with Crippen molar-refractivity contribution in [2.75, 3.05) is 0 Å². The zero-order chi connectivity index (χ0) is 15.5. The molecule has 0 radical (unpaired) electrons. The van der Waals surface area contributed by atoms with Gasteiger partial charge in [-0.2, -0.15) is 0 Å². The van der Waals surface area contributed by atoms with Gasteiger partial charge in [-0.1, -0.05) is 29.9 Å². The normalized spacial score (nSPS) is 17.1. The third-order valence-corrected chi connectivity index (χ3v) is 4.22. The van der Waals surface area contributed by atoms with Crippen LogP contribution < -0.4 is 9.62 Å². The maximum absolute atomic E-state index is 12.3. The summed E-state index contributed by atoms with van der Waals surface area (Å²) in [4.78, 5) is 6.28. The van der Waals surface area contributed by atoms with E-state index < -0.39 is 27.0 Å². The summed E-state index contributed by atoms with van der Waals surface area (Å²) in [5.41, 5.74) is 0. The van der Waals surface area contributed by atoms with Gasteiger partial charge in [0.1, 0.15) is 10.6 Å². The Kier molecular flexibility index (Phi) is 4.74. The summed E-state index contributed by atoms with van der Waals surface area (Å²) in [5.74, 6) is -0.799. The molecule has 0 unspecified atom stereocenters. The highest BCUT2D eigenvalue weighted by Crippen LogP contribution is 2.29. The standard InChI is InChI=1S/C12H14F3NO4S/c13-12(14,15)19-10-7-3-4-8-11(10)21(17,18)16-20-9-5-1-2-6-9/h3-4,7-9,16H,1-2,5-6H2. The number of ether oxygens (including phenoxy) is 1. The van der Waals surface area contributed by atoms with Gasteiger partial charge in [-0.15, -0.1) is 13.2 Å². The molecule has 1 aromatic carbocycles. The first kappa shape index (κ1) is 16.1. The molecule has 1 aromatic rings. The number of alkyl halides is 3. The number of rotatable bonds is 5. The zero-order valence-electron chi connectivity index (χ0n) is 10.9. The Morgan fingerprint density at radius 2 is 1.76 bits per heavy atom. The minimum atomic E-state index is -4.97. The van der Waals surface area contributed by atoms with Crippen LogP contribution in [0.4, 0.5) is 13.2 Å². The fourth-order valence-corrected chi connectivity index (χ4v) is 3.05. The van der Waals surface area contributed by atoms with Gasteiger partial charge in [0.15, 0.2) is 0 Å². The van der Waals surface area contributed by atoms with Crippen LogP contribution in [0.2, 0.25) is 0 Å². The van der Waals surface area contributed by atoms with E-state index in [1.165, 1.54) is 12.1 Å². The molecule has 1 N–H and O–H groups in total. The highest BCUT2D eigenvalue weighted by atomic mass is 32.2. The first-order chi connectivity index (χ1) is 9.78. The van der Waals surface area contributed by atoms with Gasteiger partial charge in [0, 0.05) is 0 Å². The summed E-state index contributed by atoms with van der Waals surface area (Å²) < 4.78 is 64.6. The lowest BCUT2D eigenvalue weighted by atomic mass is 10.3. The molecule has 0 heterocycles. The Morgan fingerprint density at radius 1 is 1.14 bits per heavy atom. The number of halogens is 3. The second-order valence-electron chi connectivity index (χ2n) is 4.61. The van der Waals surface area contributed by atoms with Crippen LogP contribution in [-0.2, 0) is 14.9 Å². The van der Waals surface area contributed by atoms with Gasteiger partial charge in [0.25, 0.3) is 10.0 Å². The van der Waals surface area contributed by atoms with E-state index in [0.717, 1.165) is 25.0 Å². The Balaban J connectivity index is 2.15. The minimum absolute atomic E-state index is 0.254. The predicted molar refractivity (Wildman–Crippen MR) is 66.8 cm³/mol. The topological polar surface area (TPSA) is 64.6 Å². The molecule has 0 saturated heterocycles. The number of hydrogen-bond acceptors (Lipinski definition) is 4. The first-order valence-electron chi connectivity index (χ1n) is 6.30. The molecule has 21 heavy (non-hydrogen) atoms. The number of benzene rings is 1. The van der Waals surface area contributed by atoms with E-state index in [1.807, 2.05) is 4.89 Å². The summed E-state index contributed by atoms with van der Waals surface area (Å²) in [6.45, 7) is 0. The van der Waals surface area contributed by atoms with Crippen LogP contribution in [0.3, 0.4) is 0 Å². The van der Waals surface area contributed by atoms with E-state index in [0.29, 0.717) is 12.8 Å². The van der Waals surface area contributed by atoms with Gasteiger partial charge in [0.05, 0.1) is 6.10 Å². The van der Waals surface area contributed by atoms with E-state index in [4.69, 9.17) is 4.84 Å². The van der Waals surface area contributed by atoms with Crippen LogP contribution in [0.25, 0.3) is 0 Å². The maximum Gasteiger partial charge on any atom is 0.573 e. The van der Waals surface area contributed by atoms with Crippen LogP contribution >= 0.6 is 0 Å². The quantitative estimate of drug-likeness (QED) is 0.846. The second-order valence-corrected chi connectivity index (χ2v) is 6.22. The summed E-state index contributed by atoms with van der Waals surface area (Å²) in [6, 6.07) is 4.49. The average molecular weight is 325 g/mol. The molecule has 2 rings (SSSR count). The molecule has 9 heteroatoms. The second kappa shape index (κ2) is 6.20. The molecule has 0 aliphatic heterocycles. The van der Waals surface area contributed by atoms with Crippen molar-refractivity contribution in [2.24, 2.45) is 0 Å². The molecule has 5 nitrogen and oxygen atoms in total. The summed E-state index contributed by atoms with van der Waals surface area (Å²) in [6.07, 6.45) is -1.94. The Bertz CT molecular complexity index is 582. The molecule has 1 fully saturated rings. The molecule has 1 aliphatic carbocycles. The van der Waals surface area contributed by atoms with E-state index in [-0.39, 0.29) is 6.10 Å². The lowest BCUT2D eigenvalue weighted by Crippen LogP contribution is -2.29. The monoisotopic (exact) mass is 325 g/mol. The Hall–Kier alpha value is -1.32. The number of nitrogens with one attached hydrogen (secondary N) is 1.